The van der Waals surface area contributed by atoms with Crippen molar-refractivity contribution in [2.45, 2.75) is 4.90 Å². The lowest BCUT2D eigenvalue weighted by Crippen LogP contribution is -2.03. The molecule has 0 saturated heterocycles. The van der Waals surface area contributed by atoms with Crippen molar-refractivity contribution in [2.24, 2.45) is 0 Å². The molecule has 0 aromatic heterocycles. The zero-order valence-corrected chi connectivity index (χ0v) is 8.02. The predicted molar refractivity (Wildman–Crippen MR) is 50.0 cm³/mol. The molecule has 2 nitrogen and oxygen atoms in total. The summed E-state index contributed by atoms with van der Waals surface area (Å²) < 4.78 is 4.53. The molecule has 0 N–H and O–H groups in total. The number of hydrogen-bond acceptors (Lipinski definition) is 3. The molecule has 0 aliphatic rings. The summed E-state index contributed by atoms with van der Waals surface area (Å²) in [4.78, 5) is 11.6. The van der Waals surface area contributed by atoms with Gasteiger partial charge >= 0.3 is 5.97 Å². The first-order chi connectivity index (χ1) is 5.66. The van der Waals surface area contributed by atoms with Gasteiger partial charge in [0.2, 0.25) is 0 Å². The molecule has 1 aromatic carbocycles. The number of benzene rings is 1. The maximum atomic E-state index is 11.1. The van der Waals surface area contributed by atoms with Crippen molar-refractivity contribution in [1.29, 1.82) is 0 Å². The first-order valence-corrected chi connectivity index (χ1v) is 4.05. The molecule has 0 radical (unpaired) electrons. The third-order valence-electron chi connectivity index (χ3n) is 1.38. The SMILES string of the molecule is COC(=O)c1c(S)cccc1Cl. The molecule has 0 fully saturated rings. The number of ether oxygens (including phenoxy) is 1. The number of carbonyl (C=O) groups is 1. The Morgan fingerprint density at radius 1 is 1.58 bits per heavy atom. The normalized spacial score (nSPS) is 9.58. The van der Waals surface area contributed by atoms with E-state index in [0.29, 0.717) is 15.5 Å². The van der Waals surface area contributed by atoms with E-state index in [4.69, 9.17) is 11.6 Å². The van der Waals surface area contributed by atoms with Crippen LogP contribution in [-0.4, -0.2) is 13.1 Å². The van der Waals surface area contributed by atoms with Crippen LogP contribution in [0.2, 0.25) is 5.02 Å². The highest BCUT2D eigenvalue weighted by Crippen LogP contribution is 2.23. The second-order valence-corrected chi connectivity index (χ2v) is 3.01. The molecular weight excluding hydrogens is 196 g/mol. The highest BCUT2D eigenvalue weighted by atomic mass is 35.5. The number of halogens is 1. The minimum absolute atomic E-state index is 0.310. The monoisotopic (exact) mass is 202 g/mol. The number of rotatable bonds is 1. The summed E-state index contributed by atoms with van der Waals surface area (Å²) in [5, 5.41) is 0.356. The topological polar surface area (TPSA) is 26.3 Å². The molecule has 1 rings (SSSR count). The van der Waals surface area contributed by atoms with Crippen LogP contribution in [0.15, 0.2) is 23.1 Å². The summed E-state index contributed by atoms with van der Waals surface area (Å²) in [7, 11) is 1.30. The molecule has 0 spiro atoms. The zero-order chi connectivity index (χ0) is 9.14. The van der Waals surface area contributed by atoms with Gasteiger partial charge in [0.15, 0.2) is 0 Å². The van der Waals surface area contributed by atoms with Crippen molar-refractivity contribution in [2.75, 3.05) is 7.11 Å². The summed E-state index contributed by atoms with van der Waals surface area (Å²) in [5.74, 6) is -0.467. The van der Waals surface area contributed by atoms with Crippen LogP contribution < -0.4 is 0 Å². The van der Waals surface area contributed by atoms with Crippen LogP contribution in [0.4, 0.5) is 0 Å². The molecule has 0 aliphatic heterocycles. The summed E-state index contributed by atoms with van der Waals surface area (Å²) in [6, 6.07) is 5.02. The molecule has 1 aromatic rings. The first-order valence-electron chi connectivity index (χ1n) is 3.22. The number of methoxy groups -OCH3 is 1. The standard InChI is InChI=1S/C8H7ClO2S/c1-11-8(10)7-5(9)3-2-4-6(7)12/h2-4,12H,1H3. The Labute approximate surface area is 80.9 Å². The first kappa shape index (κ1) is 9.42. The van der Waals surface area contributed by atoms with E-state index in [0.717, 1.165) is 0 Å². The lowest BCUT2D eigenvalue weighted by molar-refractivity contribution is 0.0597. The largest absolute Gasteiger partial charge is 0.465 e. The number of thiol groups is 1. The molecule has 0 saturated carbocycles. The van der Waals surface area contributed by atoms with E-state index < -0.39 is 5.97 Å². The molecule has 64 valence electrons. The van der Waals surface area contributed by atoms with E-state index in [1.807, 2.05) is 0 Å². The Morgan fingerprint density at radius 3 is 2.75 bits per heavy atom. The summed E-state index contributed by atoms with van der Waals surface area (Å²) in [6.07, 6.45) is 0. The fraction of sp³-hybridized carbons (Fsp3) is 0.125. The minimum atomic E-state index is -0.467. The number of carbonyl (C=O) groups excluding carboxylic acids is 1. The van der Waals surface area contributed by atoms with Crippen molar-refractivity contribution in [3.8, 4) is 0 Å². The Bertz CT molecular complexity index is 292. The zero-order valence-electron chi connectivity index (χ0n) is 6.37. The quantitative estimate of drug-likeness (QED) is 0.559. The van der Waals surface area contributed by atoms with Gasteiger partial charge in [-0.15, -0.1) is 12.6 Å². The second kappa shape index (κ2) is 3.83. The van der Waals surface area contributed by atoms with Crippen molar-refractivity contribution in [3.05, 3.63) is 28.8 Å². The van der Waals surface area contributed by atoms with Crippen LogP contribution in [-0.2, 0) is 4.74 Å². The van der Waals surface area contributed by atoms with E-state index in [1.165, 1.54) is 7.11 Å². The lowest BCUT2D eigenvalue weighted by atomic mass is 10.2. The van der Waals surface area contributed by atoms with Crippen LogP contribution in [0.25, 0.3) is 0 Å². The van der Waals surface area contributed by atoms with Gasteiger partial charge in [0.1, 0.15) is 0 Å². The molecule has 12 heavy (non-hydrogen) atoms. The van der Waals surface area contributed by atoms with E-state index in [2.05, 4.69) is 17.4 Å². The Balaban J connectivity index is 3.21. The summed E-state index contributed by atoms with van der Waals surface area (Å²) >= 11 is 9.83. The van der Waals surface area contributed by atoms with Crippen LogP contribution in [0, 0.1) is 0 Å². The smallest absolute Gasteiger partial charge is 0.340 e. The highest BCUT2D eigenvalue weighted by molar-refractivity contribution is 7.80. The third-order valence-corrected chi connectivity index (χ3v) is 2.07. The maximum Gasteiger partial charge on any atom is 0.340 e. The van der Waals surface area contributed by atoms with Crippen LogP contribution in [0.1, 0.15) is 10.4 Å². The van der Waals surface area contributed by atoms with Crippen molar-refractivity contribution in [1.82, 2.24) is 0 Å². The second-order valence-electron chi connectivity index (χ2n) is 2.13. The molecule has 0 atom stereocenters. The molecule has 0 unspecified atom stereocenters. The van der Waals surface area contributed by atoms with E-state index >= 15 is 0 Å². The van der Waals surface area contributed by atoms with Crippen LogP contribution in [0.5, 0.6) is 0 Å². The lowest BCUT2D eigenvalue weighted by Gasteiger charge is -2.03. The van der Waals surface area contributed by atoms with Gasteiger partial charge in [-0.25, -0.2) is 4.79 Å². The summed E-state index contributed by atoms with van der Waals surface area (Å²) in [6.45, 7) is 0. The van der Waals surface area contributed by atoms with Crippen molar-refractivity contribution < 1.29 is 9.53 Å². The van der Waals surface area contributed by atoms with E-state index in [-0.39, 0.29) is 0 Å². The van der Waals surface area contributed by atoms with E-state index in [9.17, 15) is 4.79 Å². The van der Waals surface area contributed by atoms with Crippen LogP contribution >= 0.6 is 24.2 Å². The van der Waals surface area contributed by atoms with Gasteiger partial charge in [-0.05, 0) is 12.1 Å². The predicted octanol–water partition coefficient (Wildman–Crippen LogP) is 2.42. The number of hydrogen-bond donors (Lipinski definition) is 1. The number of esters is 1. The van der Waals surface area contributed by atoms with Gasteiger partial charge in [0.25, 0.3) is 0 Å². The van der Waals surface area contributed by atoms with Gasteiger partial charge in [-0.1, -0.05) is 17.7 Å². The fourth-order valence-corrected chi connectivity index (χ4v) is 1.43. The van der Waals surface area contributed by atoms with Gasteiger partial charge < -0.3 is 4.74 Å². The molecule has 0 heterocycles. The highest BCUT2D eigenvalue weighted by Gasteiger charge is 2.12. The maximum absolute atomic E-state index is 11.1. The summed E-state index contributed by atoms with van der Waals surface area (Å²) in [5.41, 5.74) is 0.310. The Morgan fingerprint density at radius 2 is 2.25 bits per heavy atom. The van der Waals surface area contributed by atoms with Gasteiger partial charge in [-0.2, -0.15) is 0 Å². The Hall–Kier alpha value is -0.670. The van der Waals surface area contributed by atoms with Gasteiger partial charge in [-0.3, -0.25) is 0 Å². The molecule has 0 aliphatic carbocycles. The van der Waals surface area contributed by atoms with E-state index in [1.54, 1.807) is 18.2 Å². The van der Waals surface area contributed by atoms with Crippen molar-refractivity contribution >= 4 is 30.2 Å². The van der Waals surface area contributed by atoms with Gasteiger partial charge in [0, 0.05) is 4.90 Å². The fourth-order valence-electron chi connectivity index (χ4n) is 0.817. The Kier molecular flexibility index (Phi) is 3.00. The molecule has 4 heteroatoms. The molecule has 0 bridgehead atoms. The molecule has 0 amide bonds. The van der Waals surface area contributed by atoms with Crippen molar-refractivity contribution in [3.63, 3.8) is 0 Å². The van der Waals surface area contributed by atoms with Crippen LogP contribution in [0.3, 0.4) is 0 Å². The minimum Gasteiger partial charge on any atom is -0.465 e. The molecular formula is C8H7ClO2S. The third kappa shape index (κ3) is 1.73. The van der Waals surface area contributed by atoms with Gasteiger partial charge in [0.05, 0.1) is 17.7 Å². The average Bonchev–Trinajstić information content (AvgIpc) is 2.03. The average molecular weight is 203 g/mol.